The zero-order valence-corrected chi connectivity index (χ0v) is 10.0. The molecule has 1 aliphatic rings. The van der Waals surface area contributed by atoms with Crippen LogP contribution in [0.25, 0.3) is 0 Å². The van der Waals surface area contributed by atoms with Gasteiger partial charge in [-0.25, -0.2) is 0 Å². The number of nitrogens with one attached hydrogen (secondary N) is 2. The van der Waals surface area contributed by atoms with E-state index in [2.05, 4.69) is 17.6 Å². The molecule has 0 spiro atoms. The summed E-state index contributed by atoms with van der Waals surface area (Å²) in [5.74, 6) is 0.892. The van der Waals surface area contributed by atoms with Gasteiger partial charge in [0, 0.05) is 5.56 Å². The highest BCUT2D eigenvalue weighted by Crippen LogP contribution is 2.31. The Bertz CT molecular complexity index is 393. The molecule has 1 atom stereocenters. The van der Waals surface area contributed by atoms with E-state index in [9.17, 15) is 4.79 Å². The average molecular weight is 234 g/mol. The maximum absolute atomic E-state index is 11.7. The quantitative estimate of drug-likeness (QED) is 0.754. The van der Waals surface area contributed by atoms with Crippen molar-refractivity contribution in [3.8, 4) is 5.75 Å². The fraction of sp³-hybridized carbons (Fsp3) is 0.462. The molecule has 0 saturated heterocycles. The number of carbonyl (C=O) groups is 1. The van der Waals surface area contributed by atoms with Crippen LogP contribution < -0.4 is 15.4 Å². The summed E-state index contributed by atoms with van der Waals surface area (Å²) < 4.78 is 5.50. The molecule has 1 unspecified atom stereocenters. The van der Waals surface area contributed by atoms with Gasteiger partial charge < -0.3 is 15.4 Å². The van der Waals surface area contributed by atoms with Crippen molar-refractivity contribution in [2.24, 2.45) is 0 Å². The minimum Gasteiger partial charge on any atom is -0.491 e. The predicted octanol–water partition coefficient (Wildman–Crippen LogP) is 1.24. The fourth-order valence-corrected chi connectivity index (χ4v) is 1.91. The fourth-order valence-electron chi connectivity index (χ4n) is 1.91. The zero-order chi connectivity index (χ0) is 12.1. The van der Waals surface area contributed by atoms with E-state index in [4.69, 9.17) is 4.74 Å². The van der Waals surface area contributed by atoms with Crippen LogP contribution in [0.5, 0.6) is 5.75 Å². The van der Waals surface area contributed by atoms with Crippen molar-refractivity contribution < 1.29 is 9.53 Å². The van der Waals surface area contributed by atoms with Crippen molar-refractivity contribution in [2.45, 2.75) is 19.4 Å². The molecule has 0 aromatic heterocycles. The van der Waals surface area contributed by atoms with Gasteiger partial charge in [0.15, 0.2) is 0 Å². The number of hydrogen-bond donors (Lipinski definition) is 2. The van der Waals surface area contributed by atoms with Gasteiger partial charge in [-0.1, -0.05) is 25.1 Å². The highest BCUT2D eigenvalue weighted by molar-refractivity contribution is 5.78. The Kier molecular flexibility index (Phi) is 3.98. The van der Waals surface area contributed by atoms with Crippen LogP contribution >= 0.6 is 0 Å². The molecule has 4 nitrogen and oxygen atoms in total. The molecular formula is C13H18N2O2. The Balaban J connectivity index is 1.87. The third kappa shape index (κ3) is 2.97. The summed E-state index contributed by atoms with van der Waals surface area (Å²) in [5.41, 5.74) is 1.07. The third-order valence-corrected chi connectivity index (χ3v) is 2.75. The molecule has 4 heteroatoms. The monoisotopic (exact) mass is 234 g/mol. The minimum absolute atomic E-state index is 0.0119. The lowest BCUT2D eigenvalue weighted by atomic mass is 10.1. The van der Waals surface area contributed by atoms with E-state index in [1.807, 2.05) is 24.3 Å². The molecule has 1 aromatic rings. The van der Waals surface area contributed by atoms with Crippen LogP contribution in [-0.4, -0.2) is 25.6 Å². The topological polar surface area (TPSA) is 50.4 Å². The van der Waals surface area contributed by atoms with Gasteiger partial charge in [0.25, 0.3) is 0 Å². The van der Waals surface area contributed by atoms with Gasteiger partial charge in [-0.15, -0.1) is 0 Å². The number of para-hydroxylation sites is 1. The Morgan fingerprint density at radius 2 is 2.29 bits per heavy atom. The van der Waals surface area contributed by atoms with Crippen LogP contribution in [0.15, 0.2) is 24.3 Å². The zero-order valence-electron chi connectivity index (χ0n) is 10.0. The number of hydrogen-bond acceptors (Lipinski definition) is 3. The summed E-state index contributed by atoms with van der Waals surface area (Å²) in [6.07, 6.45) is 1.03. The smallest absolute Gasteiger partial charge is 0.234 e. The Morgan fingerprint density at radius 1 is 1.47 bits per heavy atom. The highest BCUT2D eigenvalue weighted by atomic mass is 16.5. The van der Waals surface area contributed by atoms with Gasteiger partial charge in [-0.3, -0.25) is 4.79 Å². The lowest BCUT2D eigenvalue weighted by Crippen LogP contribution is -2.37. The van der Waals surface area contributed by atoms with Crippen LogP contribution in [0.1, 0.15) is 24.9 Å². The second-order valence-corrected chi connectivity index (χ2v) is 4.15. The van der Waals surface area contributed by atoms with Gasteiger partial charge in [-0.05, 0) is 19.0 Å². The second kappa shape index (κ2) is 5.68. The first kappa shape index (κ1) is 11.9. The molecule has 2 rings (SSSR count). The van der Waals surface area contributed by atoms with Gasteiger partial charge in [0.1, 0.15) is 12.4 Å². The summed E-state index contributed by atoms with van der Waals surface area (Å²) in [4.78, 5) is 11.7. The Morgan fingerprint density at radius 3 is 3.12 bits per heavy atom. The molecule has 0 aliphatic carbocycles. The molecule has 92 valence electrons. The number of fused-ring (bicyclic) bond motifs is 1. The Labute approximate surface area is 101 Å². The molecule has 0 bridgehead atoms. The Hall–Kier alpha value is -1.55. The minimum atomic E-state index is -0.0119. The lowest BCUT2D eigenvalue weighted by molar-refractivity contribution is -0.121. The van der Waals surface area contributed by atoms with Crippen LogP contribution in [0, 0.1) is 0 Å². The van der Waals surface area contributed by atoms with Crippen molar-refractivity contribution in [1.29, 1.82) is 0 Å². The van der Waals surface area contributed by atoms with E-state index in [1.165, 1.54) is 0 Å². The maximum Gasteiger partial charge on any atom is 0.234 e. The number of carbonyl (C=O) groups excluding carboxylic acids is 1. The molecule has 1 heterocycles. The molecular weight excluding hydrogens is 216 g/mol. The first-order chi connectivity index (χ1) is 8.31. The van der Waals surface area contributed by atoms with E-state index < -0.39 is 0 Å². The summed E-state index contributed by atoms with van der Waals surface area (Å²) in [6, 6.07) is 7.80. The third-order valence-electron chi connectivity index (χ3n) is 2.75. The van der Waals surface area contributed by atoms with E-state index in [1.54, 1.807) is 0 Å². The van der Waals surface area contributed by atoms with Crippen molar-refractivity contribution in [3.63, 3.8) is 0 Å². The first-order valence-corrected chi connectivity index (χ1v) is 6.03. The number of rotatable bonds is 5. The van der Waals surface area contributed by atoms with Crippen molar-refractivity contribution in [1.82, 2.24) is 10.6 Å². The van der Waals surface area contributed by atoms with E-state index in [-0.39, 0.29) is 11.9 Å². The number of amides is 1. The van der Waals surface area contributed by atoms with E-state index >= 15 is 0 Å². The molecule has 1 aliphatic heterocycles. The van der Waals surface area contributed by atoms with Crippen molar-refractivity contribution >= 4 is 5.91 Å². The highest BCUT2D eigenvalue weighted by Gasteiger charge is 2.24. The van der Waals surface area contributed by atoms with Gasteiger partial charge >= 0.3 is 0 Å². The summed E-state index contributed by atoms with van der Waals surface area (Å²) in [5, 5.41) is 6.05. The van der Waals surface area contributed by atoms with Gasteiger partial charge in [-0.2, -0.15) is 0 Å². The largest absolute Gasteiger partial charge is 0.491 e. The molecule has 1 amide bonds. The van der Waals surface area contributed by atoms with Crippen LogP contribution in [0.3, 0.4) is 0 Å². The standard InChI is InChI=1S/C13H18N2O2/c1-2-7-14-8-13(16)15-11-9-17-12-6-4-3-5-10(11)12/h3-6,11,14H,2,7-9H2,1H3,(H,15,16). The molecule has 0 fully saturated rings. The van der Waals surface area contributed by atoms with E-state index in [0.29, 0.717) is 13.2 Å². The first-order valence-electron chi connectivity index (χ1n) is 6.03. The number of benzene rings is 1. The predicted molar refractivity (Wildman–Crippen MR) is 66.0 cm³/mol. The van der Waals surface area contributed by atoms with Crippen LogP contribution in [-0.2, 0) is 4.79 Å². The van der Waals surface area contributed by atoms with Gasteiger partial charge in [0.2, 0.25) is 5.91 Å². The van der Waals surface area contributed by atoms with Crippen molar-refractivity contribution in [3.05, 3.63) is 29.8 Å². The summed E-state index contributed by atoms with van der Waals surface area (Å²) >= 11 is 0. The number of ether oxygens (including phenoxy) is 1. The molecule has 0 radical (unpaired) electrons. The summed E-state index contributed by atoms with van der Waals surface area (Å²) in [6.45, 7) is 3.84. The second-order valence-electron chi connectivity index (χ2n) is 4.15. The van der Waals surface area contributed by atoms with Crippen molar-refractivity contribution in [2.75, 3.05) is 19.7 Å². The SMILES string of the molecule is CCCNCC(=O)NC1COc2ccccc21. The lowest BCUT2D eigenvalue weighted by Gasteiger charge is -2.11. The normalized spacial score (nSPS) is 17.4. The van der Waals surface area contributed by atoms with E-state index in [0.717, 1.165) is 24.3 Å². The maximum atomic E-state index is 11.7. The molecule has 1 aromatic carbocycles. The summed E-state index contributed by atoms with van der Waals surface area (Å²) in [7, 11) is 0. The molecule has 2 N–H and O–H groups in total. The van der Waals surface area contributed by atoms with Crippen LogP contribution in [0.2, 0.25) is 0 Å². The molecule has 0 saturated carbocycles. The average Bonchev–Trinajstić information content (AvgIpc) is 2.73. The van der Waals surface area contributed by atoms with Crippen LogP contribution in [0.4, 0.5) is 0 Å². The molecule has 17 heavy (non-hydrogen) atoms. The van der Waals surface area contributed by atoms with Gasteiger partial charge in [0.05, 0.1) is 12.6 Å².